The molecule has 4 heteroatoms. The summed E-state index contributed by atoms with van der Waals surface area (Å²) in [5, 5.41) is 10.9. The van der Waals surface area contributed by atoms with Crippen LogP contribution in [0.3, 0.4) is 0 Å². The second kappa shape index (κ2) is 6.07. The maximum atomic E-state index is 13.5. The number of rotatable bonds is 3. The highest BCUT2D eigenvalue weighted by Crippen LogP contribution is 2.29. The summed E-state index contributed by atoms with van der Waals surface area (Å²) in [6.45, 7) is 0. The van der Waals surface area contributed by atoms with Crippen molar-refractivity contribution < 1.29 is 9.50 Å². The molecule has 0 bridgehead atoms. The van der Waals surface area contributed by atoms with Crippen molar-refractivity contribution in [1.82, 2.24) is 0 Å². The molecule has 2 rings (SSSR count). The van der Waals surface area contributed by atoms with Gasteiger partial charge in [0.1, 0.15) is 5.82 Å². The second-order valence-corrected chi connectivity index (χ2v) is 6.20. The summed E-state index contributed by atoms with van der Waals surface area (Å²) in [7, 11) is 0. The fourth-order valence-corrected chi connectivity index (χ4v) is 3.65. The SMILES string of the molecule is OC(Cc1cc(Cl)ccc1F)C1CCCCS1. The molecule has 94 valence electrons. The lowest BCUT2D eigenvalue weighted by atomic mass is 10.0. The van der Waals surface area contributed by atoms with Gasteiger partial charge in [0, 0.05) is 16.7 Å². The van der Waals surface area contributed by atoms with Gasteiger partial charge < -0.3 is 5.11 Å². The highest BCUT2D eigenvalue weighted by atomic mass is 35.5. The number of aliphatic hydroxyl groups excluding tert-OH is 1. The summed E-state index contributed by atoms with van der Waals surface area (Å²) in [5.74, 6) is 0.814. The third-order valence-electron chi connectivity index (χ3n) is 3.08. The Labute approximate surface area is 110 Å². The van der Waals surface area contributed by atoms with Gasteiger partial charge in [0.15, 0.2) is 0 Å². The van der Waals surface area contributed by atoms with Crippen molar-refractivity contribution in [2.24, 2.45) is 0 Å². The van der Waals surface area contributed by atoms with E-state index in [0.29, 0.717) is 17.0 Å². The number of thioether (sulfide) groups is 1. The standard InChI is InChI=1S/C13H16ClFOS/c14-10-4-5-11(15)9(7-10)8-12(16)13-3-1-2-6-17-13/h4-5,7,12-13,16H,1-3,6,8H2. The third-order valence-corrected chi connectivity index (χ3v) is 4.82. The van der Waals surface area contributed by atoms with Crippen molar-refractivity contribution in [2.45, 2.75) is 37.0 Å². The minimum absolute atomic E-state index is 0.238. The number of benzene rings is 1. The van der Waals surface area contributed by atoms with Gasteiger partial charge in [-0.05, 0) is 42.4 Å². The summed E-state index contributed by atoms with van der Waals surface area (Å²) in [4.78, 5) is 0. The third kappa shape index (κ3) is 3.60. The van der Waals surface area contributed by atoms with E-state index in [0.717, 1.165) is 18.6 Å². The largest absolute Gasteiger partial charge is 0.392 e. The van der Waals surface area contributed by atoms with Gasteiger partial charge in [-0.15, -0.1) is 0 Å². The molecular formula is C13H16ClFOS. The van der Waals surface area contributed by atoms with Crippen LogP contribution in [-0.4, -0.2) is 22.2 Å². The van der Waals surface area contributed by atoms with Crippen LogP contribution in [0.15, 0.2) is 18.2 Å². The summed E-state index contributed by atoms with van der Waals surface area (Å²) in [6.07, 6.45) is 3.28. The van der Waals surface area contributed by atoms with Crippen LogP contribution in [0, 0.1) is 5.82 Å². The average Bonchev–Trinajstić information content (AvgIpc) is 2.35. The van der Waals surface area contributed by atoms with Crippen LogP contribution < -0.4 is 0 Å². The summed E-state index contributed by atoms with van der Waals surface area (Å²) >= 11 is 7.63. The minimum Gasteiger partial charge on any atom is -0.392 e. The lowest BCUT2D eigenvalue weighted by Gasteiger charge is -2.26. The van der Waals surface area contributed by atoms with E-state index in [2.05, 4.69) is 0 Å². The van der Waals surface area contributed by atoms with Crippen LogP contribution in [0.2, 0.25) is 5.02 Å². The van der Waals surface area contributed by atoms with Crippen molar-refractivity contribution in [2.75, 3.05) is 5.75 Å². The quantitative estimate of drug-likeness (QED) is 0.908. The normalized spacial score (nSPS) is 22.4. The molecule has 1 fully saturated rings. The monoisotopic (exact) mass is 274 g/mol. The van der Waals surface area contributed by atoms with Crippen molar-refractivity contribution in [3.05, 3.63) is 34.6 Å². The van der Waals surface area contributed by atoms with E-state index in [1.165, 1.54) is 18.6 Å². The Bertz CT molecular complexity index is 380. The number of halogens is 2. The van der Waals surface area contributed by atoms with Gasteiger partial charge in [-0.1, -0.05) is 18.0 Å². The summed E-state index contributed by atoms with van der Waals surface area (Å²) in [6, 6.07) is 4.49. The molecule has 17 heavy (non-hydrogen) atoms. The summed E-state index contributed by atoms with van der Waals surface area (Å²) < 4.78 is 13.5. The molecule has 2 atom stereocenters. The Morgan fingerprint density at radius 2 is 2.29 bits per heavy atom. The van der Waals surface area contributed by atoms with Crippen LogP contribution in [0.4, 0.5) is 4.39 Å². The molecule has 1 nitrogen and oxygen atoms in total. The molecule has 0 amide bonds. The number of hydrogen-bond acceptors (Lipinski definition) is 2. The highest BCUT2D eigenvalue weighted by molar-refractivity contribution is 8.00. The van der Waals surface area contributed by atoms with Gasteiger partial charge in [-0.25, -0.2) is 4.39 Å². The predicted octanol–water partition coefficient (Wildman–Crippen LogP) is 3.67. The van der Waals surface area contributed by atoms with Crippen molar-refractivity contribution in [3.63, 3.8) is 0 Å². The van der Waals surface area contributed by atoms with Crippen LogP contribution >= 0.6 is 23.4 Å². The Balaban J connectivity index is 2.01. The number of hydrogen-bond donors (Lipinski definition) is 1. The maximum absolute atomic E-state index is 13.5. The van der Waals surface area contributed by atoms with E-state index in [9.17, 15) is 9.50 Å². The molecule has 1 heterocycles. The Morgan fingerprint density at radius 1 is 1.47 bits per heavy atom. The fourth-order valence-electron chi connectivity index (χ4n) is 2.13. The van der Waals surface area contributed by atoms with Gasteiger partial charge in [0.2, 0.25) is 0 Å². The first-order valence-electron chi connectivity index (χ1n) is 5.90. The molecule has 1 aliphatic rings. The van der Waals surface area contributed by atoms with Crippen molar-refractivity contribution in [3.8, 4) is 0 Å². The molecule has 1 N–H and O–H groups in total. The molecule has 2 unspecified atom stereocenters. The van der Waals surface area contributed by atoms with E-state index in [4.69, 9.17) is 11.6 Å². The molecule has 0 saturated carbocycles. The lowest BCUT2D eigenvalue weighted by molar-refractivity contribution is 0.165. The van der Waals surface area contributed by atoms with E-state index in [1.54, 1.807) is 17.8 Å². The average molecular weight is 275 g/mol. The minimum atomic E-state index is -0.478. The first-order valence-corrected chi connectivity index (χ1v) is 7.33. The smallest absolute Gasteiger partial charge is 0.126 e. The van der Waals surface area contributed by atoms with Crippen LogP contribution in [0.25, 0.3) is 0 Å². The molecule has 0 aromatic heterocycles. The molecular weight excluding hydrogens is 259 g/mol. The molecule has 0 aliphatic carbocycles. The fraction of sp³-hybridized carbons (Fsp3) is 0.538. The Hall–Kier alpha value is -0.250. The number of aliphatic hydroxyl groups is 1. The van der Waals surface area contributed by atoms with Gasteiger partial charge in [-0.3, -0.25) is 0 Å². The molecule has 1 aliphatic heterocycles. The van der Waals surface area contributed by atoms with E-state index in [1.807, 2.05) is 0 Å². The maximum Gasteiger partial charge on any atom is 0.126 e. The van der Waals surface area contributed by atoms with Gasteiger partial charge in [0.05, 0.1) is 6.10 Å². The van der Waals surface area contributed by atoms with Crippen LogP contribution in [0.1, 0.15) is 24.8 Å². The highest BCUT2D eigenvalue weighted by Gasteiger charge is 2.23. The van der Waals surface area contributed by atoms with Crippen molar-refractivity contribution in [1.29, 1.82) is 0 Å². The zero-order valence-electron chi connectivity index (χ0n) is 9.53. The second-order valence-electron chi connectivity index (χ2n) is 4.41. The van der Waals surface area contributed by atoms with E-state index in [-0.39, 0.29) is 11.1 Å². The Kier molecular flexibility index (Phi) is 4.71. The molecule has 1 aromatic rings. The van der Waals surface area contributed by atoms with Crippen molar-refractivity contribution >= 4 is 23.4 Å². The van der Waals surface area contributed by atoms with Crippen LogP contribution in [-0.2, 0) is 6.42 Å². The summed E-state index contributed by atoms with van der Waals surface area (Å²) in [5.41, 5.74) is 0.510. The lowest BCUT2D eigenvalue weighted by Crippen LogP contribution is -2.28. The first kappa shape index (κ1) is 13.2. The molecule has 1 aromatic carbocycles. The molecule has 1 saturated heterocycles. The zero-order chi connectivity index (χ0) is 12.3. The topological polar surface area (TPSA) is 20.2 Å². The molecule has 0 spiro atoms. The van der Waals surface area contributed by atoms with E-state index < -0.39 is 6.10 Å². The predicted molar refractivity (Wildman–Crippen MR) is 71.2 cm³/mol. The van der Waals surface area contributed by atoms with Gasteiger partial charge in [-0.2, -0.15) is 11.8 Å². The molecule has 0 radical (unpaired) electrons. The first-order chi connectivity index (χ1) is 8.16. The Morgan fingerprint density at radius 3 is 3.00 bits per heavy atom. The zero-order valence-corrected chi connectivity index (χ0v) is 11.1. The van der Waals surface area contributed by atoms with Crippen LogP contribution in [0.5, 0.6) is 0 Å². The van der Waals surface area contributed by atoms with E-state index >= 15 is 0 Å². The van der Waals surface area contributed by atoms with Gasteiger partial charge in [0.25, 0.3) is 0 Å². The van der Waals surface area contributed by atoms with Gasteiger partial charge >= 0.3 is 0 Å².